The van der Waals surface area contributed by atoms with E-state index in [1.165, 1.54) is 0 Å². The van der Waals surface area contributed by atoms with E-state index in [1.54, 1.807) is 0 Å². The van der Waals surface area contributed by atoms with Crippen molar-refractivity contribution in [2.75, 3.05) is 13.2 Å². The number of aliphatic hydroxyl groups is 2. The molecule has 6 heteroatoms. The number of hydrogen-bond acceptors (Lipinski definition) is 4. The smallest absolute Gasteiger partial charge is 0.450 e. The topological polar surface area (TPSA) is 133 Å². The van der Waals surface area contributed by atoms with Gasteiger partial charge in [-0.15, -0.1) is 0 Å². The van der Waals surface area contributed by atoms with Crippen LogP contribution in [0.2, 0.25) is 0 Å². The summed E-state index contributed by atoms with van der Waals surface area (Å²) in [6.45, 7) is -0.250. The highest BCUT2D eigenvalue weighted by atomic mass is 16.6. The molecule has 0 rings (SSSR count). The fourth-order valence-electron chi connectivity index (χ4n) is 0. The lowest BCUT2D eigenvalue weighted by Gasteiger charge is -1.70. The third kappa shape index (κ3) is 8430. The summed E-state index contributed by atoms with van der Waals surface area (Å²) in [5, 5.41) is 29.2. The maximum atomic E-state index is 8.56. The van der Waals surface area contributed by atoms with Crippen molar-refractivity contribution in [3.05, 3.63) is 0 Å². The van der Waals surface area contributed by atoms with Gasteiger partial charge < -0.3 is 26.6 Å². The molecular formula is C3H11NO5. The van der Waals surface area contributed by atoms with Gasteiger partial charge in [-0.1, -0.05) is 0 Å². The average Bonchev–Trinajstić information content (AvgIpc) is 1.65. The van der Waals surface area contributed by atoms with Crippen LogP contribution in [0.25, 0.3) is 0 Å². The highest BCUT2D eigenvalue weighted by molar-refractivity contribution is 5.53. The second-order valence-electron chi connectivity index (χ2n) is 0.730. The second kappa shape index (κ2) is 15.7. The van der Waals surface area contributed by atoms with Crippen molar-refractivity contribution in [1.82, 2.24) is 6.15 Å². The number of rotatable bonds is 1. The van der Waals surface area contributed by atoms with E-state index in [0.717, 1.165) is 0 Å². The van der Waals surface area contributed by atoms with Gasteiger partial charge in [0.05, 0.1) is 13.2 Å². The Kier molecular flexibility index (Phi) is 27.4. The summed E-state index contributed by atoms with van der Waals surface area (Å²) >= 11 is 0. The predicted molar refractivity (Wildman–Crippen MR) is 29.8 cm³/mol. The molecule has 58 valence electrons. The van der Waals surface area contributed by atoms with E-state index in [-0.39, 0.29) is 19.4 Å². The molecule has 0 radical (unpaired) electrons. The molecule has 6 nitrogen and oxygen atoms in total. The number of carboxylic acid groups (broad SMARTS) is 2. The van der Waals surface area contributed by atoms with Crippen molar-refractivity contribution in [2.24, 2.45) is 0 Å². The lowest BCUT2D eigenvalue weighted by atomic mass is 10.8. The predicted octanol–water partition coefficient (Wildman–Crippen LogP) is -0.645. The van der Waals surface area contributed by atoms with Gasteiger partial charge in [-0.05, 0) is 0 Å². The Labute approximate surface area is 51.9 Å². The van der Waals surface area contributed by atoms with E-state index in [9.17, 15) is 0 Å². The van der Waals surface area contributed by atoms with Gasteiger partial charge in [-0.2, -0.15) is 0 Å². The summed E-state index contributed by atoms with van der Waals surface area (Å²) in [4.78, 5) is 8.56. The molecule has 0 atom stereocenters. The van der Waals surface area contributed by atoms with Crippen molar-refractivity contribution < 1.29 is 25.2 Å². The first-order chi connectivity index (χ1) is 3.65. The number of carbonyl (C=O) groups is 1. The van der Waals surface area contributed by atoms with Crippen LogP contribution in [0.5, 0.6) is 0 Å². The number of hydrogen-bond donors (Lipinski definition) is 5. The van der Waals surface area contributed by atoms with Crippen LogP contribution in [0.15, 0.2) is 0 Å². The molecule has 0 aliphatic heterocycles. The molecule has 0 aliphatic carbocycles. The van der Waals surface area contributed by atoms with E-state index in [4.69, 9.17) is 25.2 Å². The van der Waals surface area contributed by atoms with Gasteiger partial charge in [0.25, 0.3) is 0 Å². The molecule has 0 saturated heterocycles. The standard InChI is InChI=1S/C2H6O2.CH2O3.H3N/c3-1-2-4;2-1(3)4;/h3-4H,1-2H2;(H2,2,3,4);1H3. The molecule has 0 heterocycles. The normalized spacial score (nSPS) is 6.00. The van der Waals surface area contributed by atoms with Gasteiger partial charge in [0, 0.05) is 0 Å². The lowest BCUT2D eigenvalue weighted by Crippen LogP contribution is -1.85. The molecule has 0 aromatic rings. The van der Waals surface area contributed by atoms with Crippen LogP contribution in [-0.2, 0) is 0 Å². The molecule has 0 bridgehead atoms. The third-order valence-electron chi connectivity index (χ3n) is 0.1000. The van der Waals surface area contributed by atoms with Crippen molar-refractivity contribution in [3.8, 4) is 0 Å². The Morgan fingerprint density at radius 1 is 1.11 bits per heavy atom. The van der Waals surface area contributed by atoms with E-state index >= 15 is 0 Å². The largest absolute Gasteiger partial charge is 0.503 e. The highest BCUT2D eigenvalue weighted by Gasteiger charge is 1.70. The zero-order valence-electron chi connectivity index (χ0n) is 4.82. The van der Waals surface area contributed by atoms with Crippen molar-refractivity contribution in [1.29, 1.82) is 0 Å². The van der Waals surface area contributed by atoms with Gasteiger partial charge in [0.1, 0.15) is 0 Å². The van der Waals surface area contributed by atoms with Gasteiger partial charge in [-0.25, -0.2) is 4.79 Å². The average molecular weight is 141 g/mol. The quantitative estimate of drug-likeness (QED) is 0.329. The minimum absolute atomic E-state index is 0. The Hall–Kier alpha value is -0.850. The minimum Gasteiger partial charge on any atom is -0.450 e. The molecule has 9 heavy (non-hydrogen) atoms. The first kappa shape index (κ1) is 15.7. The zero-order valence-corrected chi connectivity index (χ0v) is 4.82. The molecule has 0 aromatic carbocycles. The summed E-state index contributed by atoms with van der Waals surface area (Å²) in [6.07, 6.45) is -1.83. The van der Waals surface area contributed by atoms with Gasteiger partial charge in [0.15, 0.2) is 0 Å². The van der Waals surface area contributed by atoms with Gasteiger partial charge >= 0.3 is 6.16 Å². The Balaban J connectivity index is -0.0000000720. The fourth-order valence-corrected chi connectivity index (χ4v) is 0. The van der Waals surface area contributed by atoms with Crippen molar-refractivity contribution >= 4 is 6.16 Å². The van der Waals surface area contributed by atoms with Crippen LogP contribution >= 0.6 is 0 Å². The van der Waals surface area contributed by atoms with Crippen LogP contribution in [0.1, 0.15) is 0 Å². The van der Waals surface area contributed by atoms with Gasteiger partial charge in [-0.3, -0.25) is 0 Å². The summed E-state index contributed by atoms with van der Waals surface area (Å²) in [6, 6.07) is 0. The fraction of sp³-hybridized carbons (Fsp3) is 0.667. The Morgan fingerprint density at radius 2 is 1.22 bits per heavy atom. The molecule has 7 N–H and O–H groups in total. The third-order valence-corrected chi connectivity index (χ3v) is 0.1000. The number of aliphatic hydroxyl groups excluding tert-OH is 2. The van der Waals surface area contributed by atoms with Crippen LogP contribution in [0.4, 0.5) is 4.79 Å². The summed E-state index contributed by atoms with van der Waals surface area (Å²) in [7, 11) is 0. The summed E-state index contributed by atoms with van der Waals surface area (Å²) < 4.78 is 0. The zero-order chi connectivity index (χ0) is 6.99. The first-order valence-electron chi connectivity index (χ1n) is 1.78. The highest BCUT2D eigenvalue weighted by Crippen LogP contribution is 1.42. The summed E-state index contributed by atoms with van der Waals surface area (Å²) in [5.41, 5.74) is 0. The Bertz CT molecular complexity index is 50.2. The SMILES string of the molecule is N.O=C(O)O.OCCO. The second-order valence-corrected chi connectivity index (χ2v) is 0.730. The van der Waals surface area contributed by atoms with Crippen LogP contribution in [-0.4, -0.2) is 39.8 Å². The minimum atomic E-state index is -1.83. The van der Waals surface area contributed by atoms with Crippen molar-refractivity contribution in [3.63, 3.8) is 0 Å². The molecular weight excluding hydrogens is 130 g/mol. The van der Waals surface area contributed by atoms with Crippen LogP contribution in [0, 0.1) is 0 Å². The molecule has 0 unspecified atom stereocenters. The van der Waals surface area contributed by atoms with E-state index < -0.39 is 6.16 Å². The Morgan fingerprint density at radius 3 is 1.22 bits per heavy atom. The maximum absolute atomic E-state index is 8.56. The van der Waals surface area contributed by atoms with E-state index in [0.29, 0.717) is 0 Å². The molecule has 0 aromatic heterocycles. The molecule has 0 fully saturated rings. The summed E-state index contributed by atoms with van der Waals surface area (Å²) in [5.74, 6) is 0. The van der Waals surface area contributed by atoms with Crippen LogP contribution in [0.3, 0.4) is 0 Å². The van der Waals surface area contributed by atoms with E-state index in [1.807, 2.05) is 0 Å². The molecule has 0 spiro atoms. The van der Waals surface area contributed by atoms with E-state index in [2.05, 4.69) is 0 Å². The van der Waals surface area contributed by atoms with Crippen molar-refractivity contribution in [2.45, 2.75) is 0 Å². The first-order valence-corrected chi connectivity index (χ1v) is 1.78. The molecule has 0 aliphatic rings. The lowest BCUT2D eigenvalue weighted by molar-refractivity contribution is 0.137. The maximum Gasteiger partial charge on any atom is 0.503 e. The van der Waals surface area contributed by atoms with Gasteiger partial charge in [0.2, 0.25) is 0 Å². The van der Waals surface area contributed by atoms with Crippen LogP contribution < -0.4 is 6.15 Å². The molecule has 0 saturated carbocycles. The molecule has 0 amide bonds. The monoisotopic (exact) mass is 141 g/mol.